The number of carbonyl (C=O) groups is 1. The quantitative estimate of drug-likeness (QED) is 0.856. The number of esters is 1. The summed E-state index contributed by atoms with van der Waals surface area (Å²) in [6.07, 6.45) is 0. The van der Waals surface area contributed by atoms with Crippen molar-refractivity contribution in [2.75, 3.05) is 6.61 Å². The van der Waals surface area contributed by atoms with Gasteiger partial charge in [0, 0.05) is 0 Å². The molecule has 0 fully saturated rings. The van der Waals surface area contributed by atoms with Gasteiger partial charge in [-0.25, -0.2) is 13.8 Å². The van der Waals surface area contributed by atoms with E-state index in [1.807, 2.05) is 0 Å². The van der Waals surface area contributed by atoms with E-state index in [4.69, 9.17) is 4.74 Å². The Kier molecular flexibility index (Phi) is 3.27. The van der Waals surface area contributed by atoms with Gasteiger partial charge in [0.05, 0.1) is 12.1 Å². The second kappa shape index (κ2) is 4.72. The zero-order valence-electron chi connectivity index (χ0n) is 9.96. The molecule has 1 aromatic heterocycles. The summed E-state index contributed by atoms with van der Waals surface area (Å²) in [5.74, 6) is -2.85. The summed E-state index contributed by atoms with van der Waals surface area (Å²) in [5, 5.41) is 0. The summed E-state index contributed by atoms with van der Waals surface area (Å²) in [4.78, 5) is 18.2. The molecule has 0 aliphatic carbocycles. The maximum absolute atomic E-state index is 13.5. The summed E-state index contributed by atoms with van der Waals surface area (Å²) < 4.78 is 31.3. The molecule has 2 rings (SSSR count). The number of carbonyl (C=O) groups excluding carboxylic acids is 1. The Hall–Kier alpha value is -1.98. The lowest BCUT2D eigenvalue weighted by atomic mass is 10.2. The molecule has 0 amide bonds. The molecule has 1 heterocycles. The third-order valence-corrected chi connectivity index (χ3v) is 2.61. The smallest absolute Gasteiger partial charge is 0.316 e. The van der Waals surface area contributed by atoms with Crippen LogP contribution in [0.5, 0.6) is 0 Å². The highest BCUT2D eigenvalue weighted by atomic mass is 19.2. The summed E-state index contributed by atoms with van der Waals surface area (Å²) in [6.45, 7) is 3.54. The van der Waals surface area contributed by atoms with Crippen LogP contribution in [0.1, 0.15) is 25.6 Å². The molecular formula is C12H12F2N2O2. The van der Waals surface area contributed by atoms with Crippen molar-refractivity contribution < 1.29 is 18.3 Å². The van der Waals surface area contributed by atoms with E-state index in [-0.39, 0.29) is 17.9 Å². The Morgan fingerprint density at radius 2 is 2.22 bits per heavy atom. The fraction of sp³-hybridized carbons (Fsp3) is 0.333. The van der Waals surface area contributed by atoms with Gasteiger partial charge in [0.1, 0.15) is 17.3 Å². The Labute approximate surface area is 102 Å². The molecule has 1 aromatic carbocycles. The molecule has 1 atom stereocenters. The van der Waals surface area contributed by atoms with Crippen molar-refractivity contribution in [1.29, 1.82) is 0 Å². The molecule has 96 valence electrons. The number of H-pyrrole nitrogens is 1. The summed E-state index contributed by atoms with van der Waals surface area (Å²) >= 11 is 0. The molecular weight excluding hydrogens is 242 g/mol. The Bertz CT molecular complexity index is 595. The fourth-order valence-electron chi connectivity index (χ4n) is 1.62. The van der Waals surface area contributed by atoms with Crippen LogP contribution in [0.15, 0.2) is 12.1 Å². The number of hydrogen-bond acceptors (Lipinski definition) is 3. The van der Waals surface area contributed by atoms with Crippen LogP contribution in [0.25, 0.3) is 11.0 Å². The van der Waals surface area contributed by atoms with E-state index in [1.54, 1.807) is 13.8 Å². The number of rotatable bonds is 3. The van der Waals surface area contributed by atoms with Crippen LogP contribution in [0.3, 0.4) is 0 Å². The van der Waals surface area contributed by atoms with Gasteiger partial charge in [0.2, 0.25) is 0 Å². The first-order valence-electron chi connectivity index (χ1n) is 5.54. The van der Waals surface area contributed by atoms with E-state index in [0.29, 0.717) is 5.52 Å². The van der Waals surface area contributed by atoms with E-state index in [1.165, 1.54) is 6.07 Å². The van der Waals surface area contributed by atoms with Gasteiger partial charge in [-0.1, -0.05) is 0 Å². The molecule has 0 saturated heterocycles. The van der Waals surface area contributed by atoms with E-state index in [2.05, 4.69) is 9.97 Å². The van der Waals surface area contributed by atoms with Crippen LogP contribution in [0.4, 0.5) is 8.78 Å². The first-order chi connectivity index (χ1) is 8.54. The van der Waals surface area contributed by atoms with Gasteiger partial charge >= 0.3 is 5.97 Å². The molecule has 0 bridgehead atoms. The summed E-state index contributed by atoms with van der Waals surface area (Å²) in [5.41, 5.74) is 0.237. The Balaban J connectivity index is 2.41. The maximum Gasteiger partial charge on any atom is 0.316 e. The first kappa shape index (κ1) is 12.5. The number of aromatic nitrogens is 2. The zero-order chi connectivity index (χ0) is 13.3. The van der Waals surface area contributed by atoms with Crippen molar-refractivity contribution in [3.63, 3.8) is 0 Å². The van der Waals surface area contributed by atoms with Crippen molar-refractivity contribution in [2.45, 2.75) is 19.8 Å². The fourth-order valence-corrected chi connectivity index (χ4v) is 1.62. The SMILES string of the molecule is CCOC(=O)C(C)c1nc2c(F)c(F)ccc2[nH]1. The minimum atomic E-state index is -1.02. The van der Waals surface area contributed by atoms with Gasteiger partial charge in [0.25, 0.3) is 0 Å². The predicted molar refractivity (Wildman–Crippen MR) is 61.1 cm³/mol. The molecule has 0 aliphatic heterocycles. The minimum Gasteiger partial charge on any atom is -0.465 e. The van der Waals surface area contributed by atoms with Gasteiger partial charge in [-0.2, -0.15) is 0 Å². The second-order valence-electron chi connectivity index (χ2n) is 3.85. The standard InChI is InChI=1S/C12H12F2N2O2/c1-3-18-12(17)6(2)11-15-8-5-4-7(13)9(14)10(8)16-11/h4-6H,3H2,1-2H3,(H,15,16). The average Bonchev–Trinajstić information content (AvgIpc) is 2.78. The number of hydrogen-bond donors (Lipinski definition) is 1. The van der Waals surface area contributed by atoms with Gasteiger partial charge in [-0.05, 0) is 26.0 Å². The third kappa shape index (κ3) is 2.05. The lowest BCUT2D eigenvalue weighted by molar-refractivity contribution is -0.144. The van der Waals surface area contributed by atoms with Crippen LogP contribution in [-0.4, -0.2) is 22.5 Å². The maximum atomic E-state index is 13.5. The van der Waals surface area contributed by atoms with Gasteiger partial charge in [-0.15, -0.1) is 0 Å². The highest BCUT2D eigenvalue weighted by Gasteiger charge is 2.21. The highest BCUT2D eigenvalue weighted by molar-refractivity contribution is 5.80. The lowest BCUT2D eigenvalue weighted by Gasteiger charge is -2.06. The molecule has 1 N–H and O–H groups in total. The van der Waals surface area contributed by atoms with Crippen molar-refractivity contribution in [3.8, 4) is 0 Å². The van der Waals surface area contributed by atoms with Crippen LogP contribution in [0.2, 0.25) is 0 Å². The third-order valence-electron chi connectivity index (χ3n) is 2.61. The number of nitrogens with one attached hydrogen (secondary N) is 1. The summed E-state index contributed by atoms with van der Waals surface area (Å²) in [6, 6.07) is 2.39. The minimum absolute atomic E-state index is 0.110. The van der Waals surface area contributed by atoms with Crippen molar-refractivity contribution in [1.82, 2.24) is 9.97 Å². The predicted octanol–water partition coefficient (Wildman–Crippen LogP) is 2.51. The van der Waals surface area contributed by atoms with Crippen LogP contribution in [-0.2, 0) is 9.53 Å². The van der Waals surface area contributed by atoms with E-state index < -0.39 is 23.5 Å². The molecule has 4 nitrogen and oxygen atoms in total. The van der Waals surface area contributed by atoms with Gasteiger partial charge in [-0.3, -0.25) is 4.79 Å². The molecule has 6 heteroatoms. The molecule has 0 aliphatic rings. The molecule has 1 unspecified atom stereocenters. The van der Waals surface area contributed by atoms with Crippen LogP contribution >= 0.6 is 0 Å². The van der Waals surface area contributed by atoms with E-state index in [9.17, 15) is 13.6 Å². The molecule has 0 spiro atoms. The number of benzene rings is 1. The Morgan fingerprint density at radius 1 is 1.50 bits per heavy atom. The van der Waals surface area contributed by atoms with Crippen molar-refractivity contribution >= 4 is 17.0 Å². The lowest BCUT2D eigenvalue weighted by Crippen LogP contribution is -2.14. The molecule has 18 heavy (non-hydrogen) atoms. The molecule has 0 saturated carbocycles. The average molecular weight is 254 g/mol. The molecule has 2 aromatic rings. The van der Waals surface area contributed by atoms with Crippen molar-refractivity contribution in [3.05, 3.63) is 29.6 Å². The topological polar surface area (TPSA) is 55.0 Å². The van der Waals surface area contributed by atoms with Gasteiger partial charge < -0.3 is 9.72 Å². The first-order valence-corrected chi connectivity index (χ1v) is 5.54. The largest absolute Gasteiger partial charge is 0.465 e. The van der Waals surface area contributed by atoms with Crippen molar-refractivity contribution in [2.24, 2.45) is 0 Å². The number of aromatic amines is 1. The molecule has 0 radical (unpaired) electrons. The Morgan fingerprint density at radius 3 is 2.89 bits per heavy atom. The van der Waals surface area contributed by atoms with E-state index >= 15 is 0 Å². The number of ether oxygens (including phenoxy) is 1. The monoisotopic (exact) mass is 254 g/mol. The van der Waals surface area contributed by atoms with E-state index in [0.717, 1.165) is 6.07 Å². The van der Waals surface area contributed by atoms with Crippen LogP contribution < -0.4 is 0 Å². The number of imidazole rings is 1. The number of halogens is 2. The zero-order valence-corrected chi connectivity index (χ0v) is 9.96. The summed E-state index contributed by atoms with van der Waals surface area (Å²) in [7, 11) is 0. The number of nitrogens with zero attached hydrogens (tertiary/aromatic N) is 1. The van der Waals surface area contributed by atoms with Crippen LogP contribution in [0, 0.1) is 11.6 Å². The van der Waals surface area contributed by atoms with Gasteiger partial charge in [0.15, 0.2) is 11.6 Å². The highest BCUT2D eigenvalue weighted by Crippen LogP contribution is 2.22. The normalized spacial score (nSPS) is 12.7. The second-order valence-corrected chi connectivity index (χ2v) is 3.85. The number of fused-ring (bicyclic) bond motifs is 1.